The molecule has 0 radical (unpaired) electrons. The minimum absolute atomic E-state index is 0.125. The first-order valence-corrected chi connectivity index (χ1v) is 9.28. The van der Waals surface area contributed by atoms with Crippen LogP contribution in [0, 0.1) is 0 Å². The molecule has 146 valence electrons. The zero-order valence-corrected chi connectivity index (χ0v) is 16.0. The van der Waals surface area contributed by atoms with Crippen molar-refractivity contribution in [2.75, 3.05) is 13.7 Å². The van der Waals surface area contributed by atoms with Gasteiger partial charge in [-0.3, -0.25) is 4.79 Å². The summed E-state index contributed by atoms with van der Waals surface area (Å²) in [6.45, 7) is 2.16. The third-order valence-corrected chi connectivity index (χ3v) is 5.04. The monoisotopic (exact) mass is 380 g/mol. The standard InChI is InChI=1S/C22H24N2O4/c1-3-14-6-4-5-7-16(14)20(23-2)15-8-9-19-17(12-15)21(26)18(22(27)28)13-24(19)10-11-25/h4-9,12-13,20,23,25H,3,10-11H2,1-2H3,(H,27,28). The van der Waals surface area contributed by atoms with E-state index in [0.717, 1.165) is 17.5 Å². The van der Waals surface area contributed by atoms with Gasteiger partial charge in [0.05, 0.1) is 18.2 Å². The van der Waals surface area contributed by atoms with E-state index in [1.807, 2.05) is 31.3 Å². The smallest absolute Gasteiger partial charge is 0.341 e. The third-order valence-electron chi connectivity index (χ3n) is 5.04. The summed E-state index contributed by atoms with van der Waals surface area (Å²) in [5, 5.41) is 22.3. The lowest BCUT2D eigenvalue weighted by Gasteiger charge is -2.21. The van der Waals surface area contributed by atoms with Gasteiger partial charge < -0.3 is 20.1 Å². The van der Waals surface area contributed by atoms with Crippen molar-refractivity contribution >= 4 is 16.9 Å². The first-order valence-electron chi connectivity index (χ1n) is 9.28. The predicted molar refractivity (Wildman–Crippen MR) is 109 cm³/mol. The number of carboxylic acids is 1. The van der Waals surface area contributed by atoms with Gasteiger partial charge in [0.25, 0.3) is 0 Å². The number of carbonyl (C=O) groups is 1. The number of aromatic carboxylic acids is 1. The summed E-state index contributed by atoms with van der Waals surface area (Å²) in [7, 11) is 1.86. The molecule has 0 aliphatic heterocycles. The third kappa shape index (κ3) is 3.56. The highest BCUT2D eigenvalue weighted by Crippen LogP contribution is 2.27. The van der Waals surface area contributed by atoms with Gasteiger partial charge in [0.1, 0.15) is 5.56 Å². The number of carboxylic acid groups (broad SMARTS) is 1. The maximum atomic E-state index is 12.8. The van der Waals surface area contributed by atoms with Crippen LogP contribution in [0.1, 0.15) is 40.0 Å². The molecular formula is C22H24N2O4. The van der Waals surface area contributed by atoms with E-state index < -0.39 is 11.4 Å². The SMILES string of the molecule is CCc1ccccc1C(NC)c1ccc2c(c1)c(=O)c(C(=O)O)cn2CCO. The predicted octanol–water partition coefficient (Wildman–Crippen LogP) is 2.56. The van der Waals surface area contributed by atoms with E-state index in [9.17, 15) is 19.8 Å². The molecule has 0 aliphatic carbocycles. The second-order valence-corrected chi connectivity index (χ2v) is 6.64. The molecule has 0 aliphatic rings. The van der Waals surface area contributed by atoms with E-state index in [-0.39, 0.29) is 24.8 Å². The molecule has 1 heterocycles. The zero-order chi connectivity index (χ0) is 20.3. The van der Waals surface area contributed by atoms with Gasteiger partial charge in [-0.05, 0) is 42.3 Å². The number of aliphatic hydroxyl groups is 1. The molecule has 28 heavy (non-hydrogen) atoms. The maximum absolute atomic E-state index is 12.8. The number of hydrogen-bond donors (Lipinski definition) is 3. The number of nitrogens with one attached hydrogen (secondary N) is 1. The molecule has 0 bridgehead atoms. The molecule has 3 N–H and O–H groups in total. The molecule has 3 aromatic rings. The summed E-state index contributed by atoms with van der Waals surface area (Å²) in [5.41, 5.74) is 3.00. The first kappa shape index (κ1) is 19.8. The number of benzene rings is 2. The second-order valence-electron chi connectivity index (χ2n) is 6.64. The molecule has 0 saturated carbocycles. The van der Waals surface area contributed by atoms with Crippen LogP contribution in [0.2, 0.25) is 0 Å². The van der Waals surface area contributed by atoms with Crippen LogP contribution in [-0.2, 0) is 13.0 Å². The summed E-state index contributed by atoms with van der Waals surface area (Å²) in [5.74, 6) is -1.27. The molecule has 0 fully saturated rings. The number of pyridine rings is 1. The van der Waals surface area contributed by atoms with Crippen molar-refractivity contribution < 1.29 is 15.0 Å². The Bertz CT molecular complexity index is 1070. The van der Waals surface area contributed by atoms with Crippen molar-refractivity contribution in [1.82, 2.24) is 9.88 Å². The lowest BCUT2D eigenvalue weighted by atomic mass is 9.92. The van der Waals surface area contributed by atoms with Crippen LogP contribution in [-0.4, -0.2) is 34.4 Å². The lowest BCUT2D eigenvalue weighted by Crippen LogP contribution is -2.22. The molecule has 1 unspecified atom stereocenters. The number of aryl methyl sites for hydroxylation is 1. The van der Waals surface area contributed by atoms with E-state index in [2.05, 4.69) is 24.4 Å². The Morgan fingerprint density at radius 1 is 1.21 bits per heavy atom. The Morgan fingerprint density at radius 2 is 1.96 bits per heavy atom. The van der Waals surface area contributed by atoms with Crippen LogP contribution in [0.3, 0.4) is 0 Å². The van der Waals surface area contributed by atoms with Crippen LogP contribution in [0.25, 0.3) is 10.9 Å². The summed E-state index contributed by atoms with van der Waals surface area (Å²) in [6, 6.07) is 13.5. The highest BCUT2D eigenvalue weighted by Gasteiger charge is 2.19. The molecule has 2 aromatic carbocycles. The summed E-state index contributed by atoms with van der Waals surface area (Å²) in [4.78, 5) is 24.3. The molecule has 0 amide bonds. The Hall–Kier alpha value is -2.96. The fourth-order valence-electron chi connectivity index (χ4n) is 3.68. The summed E-state index contributed by atoms with van der Waals surface area (Å²) >= 11 is 0. The van der Waals surface area contributed by atoms with E-state index in [1.54, 1.807) is 10.6 Å². The molecule has 1 atom stereocenters. The molecule has 3 rings (SSSR count). The lowest BCUT2D eigenvalue weighted by molar-refractivity contribution is 0.0694. The van der Waals surface area contributed by atoms with Crippen molar-refractivity contribution in [1.29, 1.82) is 0 Å². The zero-order valence-electron chi connectivity index (χ0n) is 16.0. The fourth-order valence-corrected chi connectivity index (χ4v) is 3.68. The van der Waals surface area contributed by atoms with E-state index in [4.69, 9.17) is 0 Å². The van der Waals surface area contributed by atoms with Crippen molar-refractivity contribution in [2.24, 2.45) is 0 Å². The van der Waals surface area contributed by atoms with Gasteiger partial charge in [0.2, 0.25) is 5.43 Å². The average Bonchev–Trinajstić information content (AvgIpc) is 2.71. The van der Waals surface area contributed by atoms with Gasteiger partial charge >= 0.3 is 5.97 Å². The molecule has 1 aromatic heterocycles. The van der Waals surface area contributed by atoms with E-state index in [1.165, 1.54) is 11.8 Å². The fraction of sp³-hybridized carbons (Fsp3) is 0.273. The van der Waals surface area contributed by atoms with Gasteiger partial charge in [-0.2, -0.15) is 0 Å². The van der Waals surface area contributed by atoms with Crippen molar-refractivity contribution in [2.45, 2.75) is 25.9 Å². The average molecular weight is 380 g/mol. The van der Waals surface area contributed by atoms with Gasteiger partial charge in [-0.25, -0.2) is 4.79 Å². The second kappa shape index (κ2) is 8.37. The Balaban J connectivity index is 2.24. The molecule has 6 heteroatoms. The van der Waals surface area contributed by atoms with Crippen LogP contribution in [0.5, 0.6) is 0 Å². The number of fused-ring (bicyclic) bond motifs is 1. The first-order chi connectivity index (χ1) is 13.5. The van der Waals surface area contributed by atoms with Crippen LogP contribution < -0.4 is 10.7 Å². The van der Waals surface area contributed by atoms with Gasteiger partial charge in [0, 0.05) is 18.1 Å². The van der Waals surface area contributed by atoms with Crippen molar-refractivity contribution in [3.05, 3.63) is 81.1 Å². The normalized spacial score (nSPS) is 12.2. The van der Waals surface area contributed by atoms with Gasteiger partial charge in [-0.1, -0.05) is 37.3 Å². The number of rotatable bonds is 7. The summed E-state index contributed by atoms with van der Waals surface area (Å²) in [6.07, 6.45) is 2.18. The number of nitrogens with zero attached hydrogens (tertiary/aromatic N) is 1. The van der Waals surface area contributed by atoms with Crippen LogP contribution in [0.4, 0.5) is 0 Å². The van der Waals surface area contributed by atoms with Crippen LogP contribution >= 0.6 is 0 Å². The highest BCUT2D eigenvalue weighted by molar-refractivity contribution is 5.92. The van der Waals surface area contributed by atoms with Gasteiger partial charge in [0.15, 0.2) is 0 Å². The Morgan fingerprint density at radius 3 is 2.61 bits per heavy atom. The maximum Gasteiger partial charge on any atom is 0.341 e. The molecule has 0 saturated heterocycles. The van der Waals surface area contributed by atoms with Gasteiger partial charge in [-0.15, -0.1) is 0 Å². The molecule has 6 nitrogen and oxygen atoms in total. The Kier molecular flexibility index (Phi) is 5.92. The molecule has 0 spiro atoms. The Labute approximate surface area is 163 Å². The van der Waals surface area contributed by atoms with Crippen LogP contribution in [0.15, 0.2) is 53.5 Å². The van der Waals surface area contributed by atoms with E-state index >= 15 is 0 Å². The highest BCUT2D eigenvalue weighted by atomic mass is 16.4. The quantitative estimate of drug-likeness (QED) is 0.586. The minimum atomic E-state index is -1.27. The number of hydrogen-bond acceptors (Lipinski definition) is 4. The number of aliphatic hydroxyl groups excluding tert-OH is 1. The minimum Gasteiger partial charge on any atom is -0.477 e. The largest absolute Gasteiger partial charge is 0.477 e. The van der Waals surface area contributed by atoms with Crippen molar-refractivity contribution in [3.63, 3.8) is 0 Å². The summed E-state index contributed by atoms with van der Waals surface area (Å²) < 4.78 is 1.61. The van der Waals surface area contributed by atoms with E-state index in [0.29, 0.717) is 10.9 Å². The number of aromatic nitrogens is 1. The van der Waals surface area contributed by atoms with Crippen molar-refractivity contribution in [3.8, 4) is 0 Å². The topological polar surface area (TPSA) is 91.6 Å². The molecular weight excluding hydrogens is 356 g/mol.